The van der Waals surface area contributed by atoms with Gasteiger partial charge in [0.15, 0.2) is 0 Å². The van der Waals surface area contributed by atoms with Gasteiger partial charge in [0.2, 0.25) is 11.8 Å². The molecular formula is C24H24N4O2. The number of hydrogen-bond donors (Lipinski definition) is 0. The van der Waals surface area contributed by atoms with Crippen LogP contribution in [-0.2, 0) is 28.0 Å². The number of amides is 2. The summed E-state index contributed by atoms with van der Waals surface area (Å²) in [6, 6.07) is 17.6. The van der Waals surface area contributed by atoms with Crippen LogP contribution in [0.3, 0.4) is 0 Å². The summed E-state index contributed by atoms with van der Waals surface area (Å²) in [4.78, 5) is 38.4. The quantitative estimate of drug-likeness (QED) is 0.638. The minimum Gasteiger partial charge on any atom is -0.340 e. The van der Waals surface area contributed by atoms with E-state index in [0.29, 0.717) is 18.7 Å². The van der Waals surface area contributed by atoms with Crippen LogP contribution in [0.2, 0.25) is 0 Å². The molecule has 0 fully saturated rings. The van der Waals surface area contributed by atoms with Gasteiger partial charge in [-0.25, -0.2) is 0 Å². The third-order valence-corrected chi connectivity index (χ3v) is 5.74. The second-order valence-electron chi connectivity index (χ2n) is 7.75. The van der Waals surface area contributed by atoms with Crippen LogP contribution in [0.15, 0.2) is 73.2 Å². The van der Waals surface area contributed by atoms with Crippen LogP contribution in [0.4, 0.5) is 5.69 Å². The number of likely N-dealkylation sites (N-methyl/N-ethyl adjacent to an activating group) is 1. The lowest BCUT2D eigenvalue weighted by Gasteiger charge is -2.30. The Bertz CT molecular complexity index is 1060. The van der Waals surface area contributed by atoms with Crippen molar-refractivity contribution in [3.8, 4) is 0 Å². The second kappa shape index (κ2) is 8.06. The summed E-state index contributed by atoms with van der Waals surface area (Å²) < 4.78 is 0. The molecule has 1 unspecified atom stereocenters. The molecule has 0 saturated heterocycles. The molecule has 0 bridgehead atoms. The largest absolute Gasteiger partial charge is 0.340 e. The van der Waals surface area contributed by atoms with Crippen LogP contribution in [-0.4, -0.2) is 40.8 Å². The van der Waals surface area contributed by atoms with Crippen molar-refractivity contribution >= 4 is 17.5 Å². The molecule has 1 aromatic heterocycles. The molecule has 0 saturated carbocycles. The van der Waals surface area contributed by atoms with Crippen LogP contribution >= 0.6 is 0 Å². The number of carbonyl (C=O) groups excluding carboxylic acids is 2. The zero-order chi connectivity index (χ0) is 21.1. The molecule has 6 heteroatoms. The molecule has 2 aromatic carbocycles. The van der Waals surface area contributed by atoms with Crippen molar-refractivity contribution in [3.63, 3.8) is 0 Å². The number of para-hydroxylation sites is 1. The number of benzene rings is 2. The van der Waals surface area contributed by atoms with Gasteiger partial charge in [-0.1, -0.05) is 48.5 Å². The number of anilines is 1. The van der Waals surface area contributed by atoms with Crippen molar-refractivity contribution in [2.45, 2.75) is 24.8 Å². The average molecular weight is 400 g/mol. The molecular weight excluding hydrogens is 376 g/mol. The molecule has 1 aliphatic rings. The Labute approximate surface area is 176 Å². The smallest absolute Gasteiger partial charge is 0.238 e. The van der Waals surface area contributed by atoms with Crippen molar-refractivity contribution in [1.29, 1.82) is 0 Å². The molecule has 4 rings (SSSR count). The van der Waals surface area contributed by atoms with E-state index in [2.05, 4.69) is 9.97 Å². The maximum absolute atomic E-state index is 13.5. The molecule has 0 aliphatic carbocycles. The lowest BCUT2D eigenvalue weighted by Crippen LogP contribution is -2.44. The molecule has 30 heavy (non-hydrogen) atoms. The highest BCUT2D eigenvalue weighted by molar-refractivity contribution is 6.09. The second-order valence-corrected chi connectivity index (χ2v) is 7.75. The Morgan fingerprint density at radius 2 is 1.80 bits per heavy atom. The summed E-state index contributed by atoms with van der Waals surface area (Å²) in [5, 5.41) is 0. The minimum absolute atomic E-state index is 0.0474. The highest BCUT2D eigenvalue weighted by Gasteiger charge is 2.51. The number of aromatic nitrogens is 2. The van der Waals surface area contributed by atoms with E-state index in [1.165, 1.54) is 0 Å². The average Bonchev–Trinajstić information content (AvgIpc) is 2.97. The molecule has 0 radical (unpaired) electrons. The van der Waals surface area contributed by atoms with Gasteiger partial charge >= 0.3 is 0 Å². The van der Waals surface area contributed by atoms with Gasteiger partial charge in [-0.2, -0.15) is 0 Å². The fraction of sp³-hybridized carbons (Fsp3) is 0.250. The van der Waals surface area contributed by atoms with E-state index in [1.807, 2.05) is 54.6 Å². The first-order valence-electron chi connectivity index (χ1n) is 9.92. The van der Waals surface area contributed by atoms with E-state index < -0.39 is 5.41 Å². The van der Waals surface area contributed by atoms with Gasteiger partial charge in [0.1, 0.15) is 0 Å². The maximum Gasteiger partial charge on any atom is 0.238 e. The first kappa shape index (κ1) is 19.8. The minimum atomic E-state index is -0.930. The monoisotopic (exact) mass is 400 g/mol. The summed E-state index contributed by atoms with van der Waals surface area (Å²) in [6.07, 6.45) is 5.42. The summed E-state index contributed by atoms with van der Waals surface area (Å²) in [5.41, 5.74) is 2.58. The van der Waals surface area contributed by atoms with Gasteiger partial charge in [-0.3, -0.25) is 19.6 Å². The van der Waals surface area contributed by atoms with Crippen LogP contribution in [0.1, 0.15) is 23.2 Å². The highest BCUT2D eigenvalue weighted by atomic mass is 16.2. The van der Waals surface area contributed by atoms with Crippen LogP contribution in [0, 0.1) is 0 Å². The standard InChI is InChI=1S/C24H24N4O2/c1-27(17-19-16-25-12-13-26-19)22(29)15-24(14-18-8-4-3-5-9-18)20-10-6-7-11-21(20)28(2)23(24)30/h3-13,16H,14-15,17H2,1-2H3. The number of nitrogens with zero attached hydrogens (tertiary/aromatic N) is 4. The Kier molecular flexibility index (Phi) is 5.31. The van der Waals surface area contributed by atoms with Crippen LogP contribution in [0.25, 0.3) is 0 Å². The summed E-state index contributed by atoms with van der Waals surface area (Å²) >= 11 is 0. The number of carbonyl (C=O) groups is 2. The van der Waals surface area contributed by atoms with E-state index in [-0.39, 0.29) is 18.2 Å². The predicted octanol–water partition coefficient (Wildman–Crippen LogP) is 2.98. The van der Waals surface area contributed by atoms with Crippen LogP contribution < -0.4 is 4.90 Å². The van der Waals surface area contributed by atoms with Crippen molar-refractivity contribution in [1.82, 2.24) is 14.9 Å². The first-order chi connectivity index (χ1) is 14.5. The van der Waals surface area contributed by atoms with Gasteiger partial charge in [-0.05, 0) is 23.6 Å². The normalized spacial score (nSPS) is 17.7. The Balaban J connectivity index is 1.68. The molecule has 2 heterocycles. The Morgan fingerprint density at radius 1 is 1.07 bits per heavy atom. The molecule has 6 nitrogen and oxygen atoms in total. The van der Waals surface area contributed by atoms with Gasteiger partial charge in [0, 0.05) is 38.6 Å². The van der Waals surface area contributed by atoms with Crippen LogP contribution in [0.5, 0.6) is 0 Å². The van der Waals surface area contributed by atoms with E-state index >= 15 is 0 Å². The third-order valence-electron chi connectivity index (χ3n) is 5.74. The van der Waals surface area contributed by atoms with E-state index in [0.717, 1.165) is 16.8 Å². The van der Waals surface area contributed by atoms with Crippen molar-refractivity contribution < 1.29 is 9.59 Å². The molecule has 1 aliphatic heterocycles. The van der Waals surface area contributed by atoms with Crippen molar-refractivity contribution in [2.75, 3.05) is 19.0 Å². The zero-order valence-corrected chi connectivity index (χ0v) is 17.2. The molecule has 152 valence electrons. The lowest BCUT2D eigenvalue weighted by molar-refractivity contribution is -0.135. The highest BCUT2D eigenvalue weighted by Crippen LogP contribution is 2.45. The van der Waals surface area contributed by atoms with Crippen molar-refractivity contribution in [2.24, 2.45) is 0 Å². The summed E-state index contributed by atoms with van der Waals surface area (Å²) in [5.74, 6) is -0.149. The summed E-state index contributed by atoms with van der Waals surface area (Å²) in [6.45, 7) is 0.347. The Morgan fingerprint density at radius 3 is 2.53 bits per heavy atom. The lowest BCUT2D eigenvalue weighted by atomic mass is 9.73. The molecule has 0 N–H and O–H groups in total. The molecule has 2 amide bonds. The topological polar surface area (TPSA) is 66.4 Å². The van der Waals surface area contributed by atoms with E-state index in [9.17, 15) is 9.59 Å². The fourth-order valence-corrected chi connectivity index (χ4v) is 4.20. The molecule has 1 atom stereocenters. The predicted molar refractivity (Wildman–Crippen MR) is 115 cm³/mol. The fourth-order valence-electron chi connectivity index (χ4n) is 4.20. The maximum atomic E-state index is 13.5. The summed E-state index contributed by atoms with van der Waals surface area (Å²) in [7, 11) is 3.52. The third kappa shape index (κ3) is 3.56. The SMILES string of the molecule is CN(Cc1cnccn1)C(=O)CC1(Cc2ccccc2)C(=O)N(C)c2ccccc21. The van der Waals surface area contributed by atoms with Gasteiger partial charge in [0.05, 0.1) is 23.9 Å². The number of hydrogen-bond acceptors (Lipinski definition) is 4. The molecule has 3 aromatic rings. The zero-order valence-electron chi connectivity index (χ0n) is 17.2. The van der Waals surface area contributed by atoms with E-state index in [1.54, 1.807) is 42.5 Å². The molecule has 0 spiro atoms. The van der Waals surface area contributed by atoms with Gasteiger partial charge < -0.3 is 9.80 Å². The van der Waals surface area contributed by atoms with E-state index in [4.69, 9.17) is 0 Å². The van der Waals surface area contributed by atoms with Crippen molar-refractivity contribution in [3.05, 3.63) is 90.0 Å². The first-order valence-corrected chi connectivity index (χ1v) is 9.92. The number of rotatable bonds is 6. The Hall–Kier alpha value is -3.54. The van der Waals surface area contributed by atoms with Gasteiger partial charge in [0.25, 0.3) is 0 Å². The number of fused-ring (bicyclic) bond motifs is 1. The van der Waals surface area contributed by atoms with Gasteiger partial charge in [-0.15, -0.1) is 0 Å².